The van der Waals surface area contributed by atoms with E-state index in [-0.39, 0.29) is 6.10 Å². The molecule has 0 unspecified atom stereocenters. The monoisotopic (exact) mass is 211 g/mol. The molecule has 1 aliphatic rings. The van der Waals surface area contributed by atoms with Gasteiger partial charge in [-0.05, 0) is 30.5 Å². The van der Waals surface area contributed by atoms with E-state index in [9.17, 15) is 5.11 Å². The van der Waals surface area contributed by atoms with Gasteiger partial charge in [-0.1, -0.05) is 23.7 Å². The number of benzene rings is 1. The minimum atomic E-state index is -0.174. The Hall–Kier alpha value is -0.570. The molecule has 14 heavy (non-hydrogen) atoms. The van der Waals surface area contributed by atoms with Gasteiger partial charge in [0.05, 0.1) is 6.10 Å². The summed E-state index contributed by atoms with van der Waals surface area (Å²) < 4.78 is 0. The first-order chi connectivity index (χ1) is 6.74. The molecule has 0 aromatic heterocycles. The third kappa shape index (κ3) is 2.47. The molecule has 1 aliphatic heterocycles. The third-order valence-corrected chi connectivity index (χ3v) is 2.85. The lowest BCUT2D eigenvalue weighted by Crippen LogP contribution is -2.23. The molecule has 0 amide bonds. The number of nitrogens with one attached hydrogen (secondary N) is 1. The molecule has 3 heteroatoms. The molecular weight excluding hydrogens is 198 g/mol. The fourth-order valence-electron chi connectivity index (χ4n) is 1.86. The van der Waals surface area contributed by atoms with Crippen LogP contribution in [0.5, 0.6) is 0 Å². The number of aliphatic hydroxyl groups is 1. The summed E-state index contributed by atoms with van der Waals surface area (Å²) in [5.41, 5.74) is 1.26. The molecule has 1 aromatic rings. The third-order valence-electron chi connectivity index (χ3n) is 2.59. The molecular formula is C11H14ClNO. The second kappa shape index (κ2) is 4.30. The zero-order valence-electron chi connectivity index (χ0n) is 7.91. The quantitative estimate of drug-likeness (QED) is 0.779. The number of aliphatic hydroxyl groups excluding tert-OH is 1. The lowest BCUT2D eigenvalue weighted by atomic mass is 10.0. The van der Waals surface area contributed by atoms with Gasteiger partial charge in [0, 0.05) is 17.6 Å². The van der Waals surface area contributed by atoms with E-state index >= 15 is 0 Å². The summed E-state index contributed by atoms with van der Waals surface area (Å²) in [5, 5.41) is 13.4. The highest BCUT2D eigenvalue weighted by atomic mass is 35.5. The Kier molecular flexibility index (Phi) is 3.06. The zero-order valence-corrected chi connectivity index (χ0v) is 8.67. The molecule has 0 spiro atoms. The van der Waals surface area contributed by atoms with Crippen LogP contribution in [0.25, 0.3) is 0 Å². The maximum Gasteiger partial charge on any atom is 0.0679 e. The molecule has 76 valence electrons. The van der Waals surface area contributed by atoms with Crippen LogP contribution < -0.4 is 5.32 Å². The van der Waals surface area contributed by atoms with E-state index in [0.717, 1.165) is 24.4 Å². The van der Waals surface area contributed by atoms with Crippen LogP contribution in [0.3, 0.4) is 0 Å². The van der Waals surface area contributed by atoms with Gasteiger partial charge in [-0.25, -0.2) is 0 Å². The first-order valence-corrected chi connectivity index (χ1v) is 5.28. The molecule has 0 radical (unpaired) electrons. The fraction of sp³-hybridized carbons (Fsp3) is 0.455. The van der Waals surface area contributed by atoms with Crippen LogP contribution in [0, 0.1) is 0 Å². The average Bonchev–Trinajstić information content (AvgIpc) is 2.56. The predicted octanol–water partition coefficient (Wildman–Crippen LogP) is 1.61. The van der Waals surface area contributed by atoms with E-state index in [1.54, 1.807) is 0 Å². The summed E-state index contributed by atoms with van der Waals surface area (Å²) in [6.45, 7) is 0.720. The highest BCUT2D eigenvalue weighted by Gasteiger charge is 2.21. The van der Waals surface area contributed by atoms with Gasteiger partial charge in [-0.3, -0.25) is 0 Å². The molecule has 1 heterocycles. The second-order valence-electron chi connectivity index (χ2n) is 3.83. The molecule has 2 nitrogen and oxygen atoms in total. The van der Waals surface area contributed by atoms with Gasteiger partial charge in [0.2, 0.25) is 0 Å². The minimum absolute atomic E-state index is 0.174. The number of rotatable bonds is 2. The van der Waals surface area contributed by atoms with Crippen LogP contribution in [0.15, 0.2) is 24.3 Å². The SMILES string of the molecule is O[C@@H]1CN[C@@H](Cc2ccc(Cl)cc2)C1. The van der Waals surface area contributed by atoms with Gasteiger partial charge in [-0.15, -0.1) is 0 Å². The maximum atomic E-state index is 9.34. The van der Waals surface area contributed by atoms with Gasteiger partial charge < -0.3 is 10.4 Å². The predicted molar refractivity (Wildman–Crippen MR) is 57.6 cm³/mol. The van der Waals surface area contributed by atoms with Crippen LogP contribution in [0.4, 0.5) is 0 Å². The van der Waals surface area contributed by atoms with Gasteiger partial charge in [0.15, 0.2) is 0 Å². The summed E-state index contributed by atoms with van der Waals surface area (Å²) in [6, 6.07) is 8.29. The fourth-order valence-corrected chi connectivity index (χ4v) is 1.98. The minimum Gasteiger partial charge on any atom is -0.392 e. The zero-order chi connectivity index (χ0) is 9.97. The van der Waals surface area contributed by atoms with Crippen molar-refractivity contribution in [2.24, 2.45) is 0 Å². The Morgan fingerprint density at radius 2 is 2.07 bits per heavy atom. The van der Waals surface area contributed by atoms with Crippen molar-refractivity contribution < 1.29 is 5.11 Å². The molecule has 0 bridgehead atoms. The van der Waals surface area contributed by atoms with Crippen LogP contribution in [0.2, 0.25) is 5.02 Å². The van der Waals surface area contributed by atoms with Crippen LogP contribution >= 0.6 is 11.6 Å². The number of β-amino-alcohol motifs (C(OH)–C–C–N with tert-alkyl or cyclic N) is 1. The van der Waals surface area contributed by atoms with E-state index in [0.29, 0.717) is 6.04 Å². The Morgan fingerprint density at radius 3 is 2.64 bits per heavy atom. The van der Waals surface area contributed by atoms with Crippen LogP contribution in [-0.4, -0.2) is 23.8 Å². The molecule has 0 saturated carbocycles. The van der Waals surface area contributed by atoms with Crippen molar-refractivity contribution >= 4 is 11.6 Å². The molecule has 2 rings (SSSR count). The van der Waals surface area contributed by atoms with E-state index in [1.165, 1.54) is 5.56 Å². The Morgan fingerprint density at radius 1 is 1.36 bits per heavy atom. The van der Waals surface area contributed by atoms with Crippen LogP contribution in [-0.2, 0) is 6.42 Å². The van der Waals surface area contributed by atoms with Crippen molar-refractivity contribution in [3.63, 3.8) is 0 Å². The average molecular weight is 212 g/mol. The molecule has 1 fully saturated rings. The highest BCUT2D eigenvalue weighted by molar-refractivity contribution is 6.30. The summed E-state index contributed by atoms with van der Waals surface area (Å²) in [4.78, 5) is 0. The van der Waals surface area contributed by atoms with Crippen molar-refractivity contribution in [2.45, 2.75) is 25.0 Å². The van der Waals surface area contributed by atoms with Crippen molar-refractivity contribution in [2.75, 3.05) is 6.54 Å². The lowest BCUT2D eigenvalue weighted by Gasteiger charge is -2.09. The first-order valence-electron chi connectivity index (χ1n) is 4.90. The number of hydrogen-bond donors (Lipinski definition) is 2. The second-order valence-corrected chi connectivity index (χ2v) is 4.26. The van der Waals surface area contributed by atoms with Gasteiger partial charge in [0.1, 0.15) is 0 Å². The Labute approximate surface area is 88.9 Å². The molecule has 1 saturated heterocycles. The molecule has 0 aliphatic carbocycles. The Bertz CT molecular complexity index is 299. The van der Waals surface area contributed by atoms with Crippen molar-refractivity contribution in [3.05, 3.63) is 34.9 Å². The van der Waals surface area contributed by atoms with Gasteiger partial charge in [-0.2, -0.15) is 0 Å². The molecule has 2 atom stereocenters. The topological polar surface area (TPSA) is 32.3 Å². The standard InChI is InChI=1S/C11H14ClNO/c12-9-3-1-8(2-4-9)5-10-6-11(14)7-13-10/h1-4,10-11,13-14H,5-7H2/t10-,11-/m0/s1. The van der Waals surface area contributed by atoms with E-state index in [4.69, 9.17) is 11.6 Å². The smallest absolute Gasteiger partial charge is 0.0679 e. The molecule has 1 aromatic carbocycles. The first kappa shape index (κ1) is 9.97. The number of hydrogen-bond acceptors (Lipinski definition) is 2. The van der Waals surface area contributed by atoms with Crippen molar-refractivity contribution in [1.29, 1.82) is 0 Å². The maximum absolute atomic E-state index is 9.34. The van der Waals surface area contributed by atoms with Gasteiger partial charge >= 0.3 is 0 Å². The van der Waals surface area contributed by atoms with Gasteiger partial charge in [0.25, 0.3) is 0 Å². The van der Waals surface area contributed by atoms with E-state index in [2.05, 4.69) is 5.32 Å². The largest absolute Gasteiger partial charge is 0.392 e. The number of halogens is 1. The normalized spacial score (nSPS) is 26.7. The van der Waals surface area contributed by atoms with E-state index in [1.807, 2.05) is 24.3 Å². The summed E-state index contributed by atoms with van der Waals surface area (Å²) in [7, 11) is 0. The van der Waals surface area contributed by atoms with Crippen LogP contribution in [0.1, 0.15) is 12.0 Å². The molecule has 2 N–H and O–H groups in total. The van der Waals surface area contributed by atoms with Crippen molar-refractivity contribution in [3.8, 4) is 0 Å². The lowest BCUT2D eigenvalue weighted by molar-refractivity contribution is 0.193. The summed E-state index contributed by atoms with van der Waals surface area (Å²) in [6.07, 6.45) is 1.64. The summed E-state index contributed by atoms with van der Waals surface area (Å²) >= 11 is 5.80. The Balaban J connectivity index is 1.94. The van der Waals surface area contributed by atoms with E-state index < -0.39 is 0 Å². The van der Waals surface area contributed by atoms with Crippen molar-refractivity contribution in [1.82, 2.24) is 5.32 Å². The highest BCUT2D eigenvalue weighted by Crippen LogP contribution is 2.15. The summed E-state index contributed by atoms with van der Waals surface area (Å²) in [5.74, 6) is 0.